The number of thioether (sulfide) groups is 1. The number of carbonyl (C=O) groups is 1. The Morgan fingerprint density at radius 1 is 1.12 bits per heavy atom. The van der Waals surface area contributed by atoms with E-state index in [4.69, 9.17) is 16.0 Å². The third-order valence-electron chi connectivity index (χ3n) is 4.69. The van der Waals surface area contributed by atoms with Gasteiger partial charge in [0, 0.05) is 16.1 Å². The maximum absolute atomic E-state index is 13.8. The highest BCUT2D eigenvalue weighted by molar-refractivity contribution is 7.98. The van der Waals surface area contributed by atoms with Gasteiger partial charge in [0.2, 0.25) is 5.82 Å². The van der Waals surface area contributed by atoms with Crippen molar-refractivity contribution in [1.29, 1.82) is 0 Å². The molecule has 2 aromatic carbocycles. The largest absolute Gasteiger partial charge is 0.461 e. The predicted octanol–water partition coefficient (Wildman–Crippen LogP) is 6.32. The Hall–Kier alpha value is -3.47. The van der Waals surface area contributed by atoms with Crippen LogP contribution >= 0.6 is 34.7 Å². The van der Waals surface area contributed by atoms with Crippen molar-refractivity contribution in [2.75, 3.05) is 5.32 Å². The van der Waals surface area contributed by atoms with Gasteiger partial charge in [-0.2, -0.15) is 0 Å². The molecule has 0 aliphatic rings. The van der Waals surface area contributed by atoms with Crippen molar-refractivity contribution >= 4 is 46.3 Å². The van der Waals surface area contributed by atoms with Crippen LogP contribution in [0.5, 0.6) is 0 Å². The van der Waals surface area contributed by atoms with Crippen LogP contribution in [-0.2, 0) is 5.75 Å². The summed E-state index contributed by atoms with van der Waals surface area (Å²) in [5.41, 5.74) is 1.16. The average Bonchev–Trinajstić information content (AvgIpc) is 3.60. The number of carbonyl (C=O) groups excluding carboxylic acids is 1. The van der Waals surface area contributed by atoms with Crippen molar-refractivity contribution in [3.8, 4) is 17.3 Å². The van der Waals surface area contributed by atoms with Crippen molar-refractivity contribution in [1.82, 2.24) is 19.7 Å². The highest BCUT2D eigenvalue weighted by Crippen LogP contribution is 2.31. The fourth-order valence-corrected chi connectivity index (χ4v) is 4.98. The van der Waals surface area contributed by atoms with E-state index in [1.165, 1.54) is 35.2 Å². The molecule has 5 rings (SSSR count). The molecule has 3 heterocycles. The molecule has 1 N–H and O–H groups in total. The molecule has 0 radical (unpaired) electrons. The molecule has 0 bridgehead atoms. The molecule has 0 atom stereocenters. The molecule has 170 valence electrons. The molecule has 0 aliphatic carbocycles. The van der Waals surface area contributed by atoms with Gasteiger partial charge in [0.15, 0.2) is 10.9 Å². The van der Waals surface area contributed by atoms with E-state index in [-0.39, 0.29) is 11.4 Å². The van der Waals surface area contributed by atoms with Gasteiger partial charge in [0.25, 0.3) is 5.91 Å². The van der Waals surface area contributed by atoms with Crippen LogP contribution in [0.25, 0.3) is 17.3 Å². The molecular weight excluding hydrogens is 497 g/mol. The second-order valence-corrected chi connectivity index (χ2v) is 9.27. The number of amides is 1. The fraction of sp³-hybridized carbons (Fsp3) is 0.0435. The highest BCUT2D eigenvalue weighted by Gasteiger charge is 2.19. The summed E-state index contributed by atoms with van der Waals surface area (Å²) < 4.78 is 21.2. The van der Waals surface area contributed by atoms with Crippen LogP contribution < -0.4 is 5.32 Å². The van der Waals surface area contributed by atoms with E-state index >= 15 is 0 Å². The molecule has 0 spiro atoms. The number of anilines is 1. The van der Waals surface area contributed by atoms with Gasteiger partial charge in [-0.05, 0) is 48.5 Å². The van der Waals surface area contributed by atoms with Crippen LogP contribution in [0.2, 0.25) is 5.02 Å². The summed E-state index contributed by atoms with van der Waals surface area (Å²) in [6, 6.07) is 16.9. The normalized spacial score (nSPS) is 11.0. The lowest BCUT2D eigenvalue weighted by atomic mass is 10.3. The van der Waals surface area contributed by atoms with Crippen LogP contribution in [0.4, 0.5) is 10.1 Å². The van der Waals surface area contributed by atoms with E-state index < -0.39 is 11.7 Å². The van der Waals surface area contributed by atoms with Gasteiger partial charge in [-0.3, -0.25) is 9.36 Å². The Morgan fingerprint density at radius 2 is 1.94 bits per heavy atom. The number of hydrogen-bond donors (Lipinski definition) is 1. The number of hydrogen-bond acceptors (Lipinski definition) is 7. The van der Waals surface area contributed by atoms with Crippen molar-refractivity contribution in [2.24, 2.45) is 0 Å². The van der Waals surface area contributed by atoms with Gasteiger partial charge < -0.3 is 9.73 Å². The van der Waals surface area contributed by atoms with Crippen LogP contribution in [0.1, 0.15) is 15.5 Å². The summed E-state index contributed by atoms with van der Waals surface area (Å²) in [5.74, 6) is 0.619. The van der Waals surface area contributed by atoms with E-state index in [9.17, 15) is 9.18 Å². The molecule has 1 amide bonds. The van der Waals surface area contributed by atoms with E-state index in [0.29, 0.717) is 32.5 Å². The molecule has 0 aliphatic heterocycles. The summed E-state index contributed by atoms with van der Waals surface area (Å²) in [5, 5.41) is 14.8. The maximum Gasteiger partial charge on any atom is 0.275 e. The third kappa shape index (κ3) is 4.74. The summed E-state index contributed by atoms with van der Waals surface area (Å²) in [4.78, 5) is 16.9. The number of rotatable bonds is 7. The zero-order chi connectivity index (χ0) is 23.5. The minimum Gasteiger partial charge on any atom is -0.461 e. The minimum atomic E-state index is -0.504. The molecule has 0 fully saturated rings. The molecule has 11 heteroatoms. The summed E-state index contributed by atoms with van der Waals surface area (Å²) in [6.07, 6.45) is 1.58. The smallest absolute Gasteiger partial charge is 0.275 e. The topological polar surface area (TPSA) is 85.8 Å². The highest BCUT2D eigenvalue weighted by atomic mass is 35.5. The molecule has 34 heavy (non-hydrogen) atoms. The van der Waals surface area contributed by atoms with Gasteiger partial charge in [-0.15, -0.1) is 21.5 Å². The second-order valence-electron chi connectivity index (χ2n) is 6.94. The zero-order valence-electron chi connectivity index (χ0n) is 17.3. The Kier molecular flexibility index (Phi) is 6.43. The number of halogens is 2. The Labute approximate surface area is 206 Å². The minimum absolute atomic E-state index is 0.109. The van der Waals surface area contributed by atoms with Gasteiger partial charge in [0.05, 0.1) is 17.7 Å². The van der Waals surface area contributed by atoms with Crippen molar-refractivity contribution in [3.63, 3.8) is 0 Å². The Morgan fingerprint density at radius 3 is 2.71 bits per heavy atom. The molecular formula is C23H15ClFN5O2S2. The lowest BCUT2D eigenvalue weighted by Crippen LogP contribution is -2.13. The van der Waals surface area contributed by atoms with Crippen molar-refractivity contribution in [2.45, 2.75) is 10.9 Å². The first-order chi connectivity index (χ1) is 16.6. The van der Waals surface area contributed by atoms with E-state index in [1.54, 1.807) is 42.0 Å². The summed E-state index contributed by atoms with van der Waals surface area (Å²) in [7, 11) is 0. The van der Waals surface area contributed by atoms with Gasteiger partial charge >= 0.3 is 0 Å². The lowest BCUT2D eigenvalue weighted by Gasteiger charge is -2.09. The number of aromatic nitrogens is 4. The first-order valence-corrected chi connectivity index (χ1v) is 12.2. The Bertz CT molecular complexity index is 1430. The van der Waals surface area contributed by atoms with Crippen LogP contribution in [0.15, 0.2) is 81.9 Å². The lowest BCUT2D eigenvalue weighted by molar-refractivity contribution is 0.102. The number of furan rings is 1. The number of benzene rings is 2. The van der Waals surface area contributed by atoms with Crippen LogP contribution in [0, 0.1) is 5.82 Å². The summed E-state index contributed by atoms with van der Waals surface area (Å²) in [6.45, 7) is 0. The molecule has 5 aromatic rings. The molecule has 0 unspecified atom stereocenters. The zero-order valence-corrected chi connectivity index (χ0v) is 19.7. The van der Waals surface area contributed by atoms with Crippen LogP contribution in [0.3, 0.4) is 0 Å². The number of thiazole rings is 1. The monoisotopic (exact) mass is 511 g/mol. The first kappa shape index (κ1) is 22.3. The fourth-order valence-electron chi connectivity index (χ4n) is 3.11. The molecule has 0 saturated heterocycles. The van der Waals surface area contributed by atoms with Gasteiger partial charge in [-0.1, -0.05) is 35.5 Å². The van der Waals surface area contributed by atoms with E-state index in [2.05, 4.69) is 20.5 Å². The Balaban J connectivity index is 1.35. The first-order valence-electron chi connectivity index (χ1n) is 9.97. The quantitative estimate of drug-likeness (QED) is 0.257. The molecule has 3 aromatic heterocycles. The number of nitrogens with zero attached hydrogens (tertiary/aromatic N) is 4. The SMILES string of the molecule is O=C(Nc1ccccc1F)c1csc(CSc2nnc(-c3ccco3)n2-c2ccc(Cl)cc2)n1. The third-order valence-corrected chi connectivity index (χ3v) is 6.91. The van der Waals surface area contributed by atoms with E-state index in [1.807, 2.05) is 22.8 Å². The average molecular weight is 512 g/mol. The van der Waals surface area contributed by atoms with Crippen LogP contribution in [-0.4, -0.2) is 25.7 Å². The van der Waals surface area contributed by atoms with Crippen molar-refractivity contribution in [3.05, 3.63) is 93.8 Å². The number of para-hydroxylation sites is 1. The molecule has 0 saturated carbocycles. The van der Waals surface area contributed by atoms with E-state index in [0.717, 1.165) is 5.69 Å². The van der Waals surface area contributed by atoms with Gasteiger partial charge in [-0.25, -0.2) is 9.37 Å². The predicted molar refractivity (Wildman–Crippen MR) is 130 cm³/mol. The van der Waals surface area contributed by atoms with Gasteiger partial charge in [0.1, 0.15) is 16.5 Å². The summed E-state index contributed by atoms with van der Waals surface area (Å²) >= 11 is 8.82. The number of nitrogens with one attached hydrogen (secondary N) is 1. The molecule has 7 nitrogen and oxygen atoms in total. The maximum atomic E-state index is 13.8. The second kappa shape index (κ2) is 9.80. The standard InChI is InChI=1S/C23H15ClFN5O2S2/c24-14-7-9-15(10-8-14)30-21(19-6-3-11-32-19)28-29-23(30)34-13-20-26-18(12-33-20)22(31)27-17-5-2-1-4-16(17)25/h1-12H,13H2,(H,27,31). The van der Waals surface area contributed by atoms with Crippen molar-refractivity contribution < 1.29 is 13.6 Å².